The van der Waals surface area contributed by atoms with E-state index in [1.54, 1.807) is 4.57 Å². The van der Waals surface area contributed by atoms with Crippen LogP contribution in [0.4, 0.5) is 0 Å². The molecular formula is C37H62N4O8. The Bertz CT molecular complexity index is 1230. The number of esters is 2. The summed E-state index contributed by atoms with van der Waals surface area (Å²) in [5, 5.41) is 10.1. The van der Waals surface area contributed by atoms with Crippen LogP contribution in [0.2, 0.25) is 0 Å². The third-order valence-corrected chi connectivity index (χ3v) is 9.09. The molecule has 1 saturated heterocycles. The number of aromatic amines is 1. The highest BCUT2D eigenvalue weighted by atomic mass is 16.6. The Labute approximate surface area is 292 Å². The maximum atomic E-state index is 12.2. The molecule has 3 atom stereocenters. The van der Waals surface area contributed by atoms with Crippen LogP contribution in [-0.4, -0.2) is 75.2 Å². The summed E-state index contributed by atoms with van der Waals surface area (Å²) in [5.41, 5.74) is 0.401. The molecule has 12 heteroatoms. The summed E-state index contributed by atoms with van der Waals surface area (Å²) in [6.07, 6.45) is 25.4. The third-order valence-electron chi connectivity index (χ3n) is 9.09. The highest BCUT2D eigenvalue weighted by Crippen LogP contribution is 2.30. The molecule has 12 nitrogen and oxygen atoms in total. The Morgan fingerprint density at radius 2 is 1.43 bits per heavy atom. The number of carbonyl (C=O) groups is 2. The van der Waals surface area contributed by atoms with Crippen molar-refractivity contribution in [3.05, 3.63) is 23.0 Å². The monoisotopic (exact) mass is 690 g/mol. The number of imidazole rings is 1. The fourth-order valence-corrected chi connectivity index (χ4v) is 6.17. The minimum Gasteiger partial charge on any atom is -0.463 e. The maximum absolute atomic E-state index is 12.2. The Hall–Kier alpha value is -2.83. The first-order valence-electron chi connectivity index (χ1n) is 19.1. The number of carbonyl (C=O) groups excluding carboxylic acids is 2. The Balaban J connectivity index is 1.06. The van der Waals surface area contributed by atoms with Crippen molar-refractivity contribution in [3.8, 4) is 0 Å². The third kappa shape index (κ3) is 17.1. The van der Waals surface area contributed by atoms with Crippen molar-refractivity contribution in [2.24, 2.45) is 0 Å². The van der Waals surface area contributed by atoms with Gasteiger partial charge in [-0.25, -0.2) is 9.97 Å². The van der Waals surface area contributed by atoms with Crippen LogP contribution in [0.15, 0.2) is 17.4 Å². The van der Waals surface area contributed by atoms with Crippen molar-refractivity contribution < 1.29 is 33.6 Å². The number of aliphatic hydroxyl groups is 1. The van der Waals surface area contributed by atoms with Crippen molar-refractivity contribution in [2.45, 2.75) is 167 Å². The summed E-state index contributed by atoms with van der Waals surface area (Å²) < 4.78 is 23.8. The zero-order chi connectivity index (χ0) is 34.9. The molecule has 1 aliphatic heterocycles. The first-order chi connectivity index (χ1) is 24.0. The summed E-state index contributed by atoms with van der Waals surface area (Å²) in [6.45, 7) is 3.07. The fraction of sp³-hybridized carbons (Fsp3) is 0.811. The summed E-state index contributed by atoms with van der Waals surface area (Å²) >= 11 is 0. The zero-order valence-corrected chi connectivity index (χ0v) is 29.9. The molecule has 2 aromatic rings. The number of hydrogen-bond acceptors (Lipinski definition) is 10. The van der Waals surface area contributed by atoms with Crippen LogP contribution in [0.25, 0.3) is 11.2 Å². The van der Waals surface area contributed by atoms with Crippen LogP contribution in [-0.2, 0) is 28.5 Å². The number of aliphatic hydroxyl groups excluding tert-OH is 1. The van der Waals surface area contributed by atoms with E-state index in [1.807, 2.05) is 0 Å². The average molecular weight is 691 g/mol. The molecule has 0 amide bonds. The quantitative estimate of drug-likeness (QED) is 0.0668. The van der Waals surface area contributed by atoms with E-state index in [0.29, 0.717) is 37.9 Å². The maximum Gasteiger partial charge on any atom is 0.305 e. The standard InChI is InChI=1S/C37H62N4O8/c1-2-3-4-5-6-7-8-9-10-11-12-13-14-15-16-19-24-46-25-30(42)26-47-33(43)20-17-18-21-34(44)48-27-31-22-23-32(49-31)41-29-40-35-36(41)38-28-39-37(35)45/h28-32,42H,2-27H2,1H3,(H,38,39,45)/t30?,31-,32+/m0/s1. The van der Waals surface area contributed by atoms with Gasteiger partial charge in [0.15, 0.2) is 11.2 Å². The smallest absolute Gasteiger partial charge is 0.305 e. The molecule has 3 rings (SSSR count). The molecule has 1 aliphatic rings. The number of ether oxygens (including phenoxy) is 4. The van der Waals surface area contributed by atoms with E-state index in [-0.39, 0.29) is 62.0 Å². The average Bonchev–Trinajstić information content (AvgIpc) is 3.76. The van der Waals surface area contributed by atoms with E-state index in [1.165, 1.54) is 103 Å². The number of unbranched alkanes of at least 4 members (excludes halogenated alkanes) is 16. The summed E-state index contributed by atoms with van der Waals surface area (Å²) in [6, 6.07) is 0. The van der Waals surface area contributed by atoms with Crippen molar-refractivity contribution in [3.63, 3.8) is 0 Å². The lowest BCUT2D eigenvalue weighted by molar-refractivity contribution is -0.150. The molecule has 0 bridgehead atoms. The van der Waals surface area contributed by atoms with Gasteiger partial charge in [-0.1, -0.05) is 103 Å². The van der Waals surface area contributed by atoms with E-state index in [4.69, 9.17) is 18.9 Å². The van der Waals surface area contributed by atoms with Gasteiger partial charge in [0, 0.05) is 19.4 Å². The number of H-pyrrole nitrogens is 1. The number of rotatable bonds is 29. The Morgan fingerprint density at radius 1 is 0.837 bits per heavy atom. The van der Waals surface area contributed by atoms with E-state index in [0.717, 1.165) is 12.8 Å². The van der Waals surface area contributed by atoms with Gasteiger partial charge in [-0.05, 0) is 32.1 Å². The van der Waals surface area contributed by atoms with Crippen LogP contribution in [0.5, 0.6) is 0 Å². The van der Waals surface area contributed by atoms with Gasteiger partial charge in [-0.2, -0.15) is 0 Å². The first-order valence-corrected chi connectivity index (χ1v) is 19.1. The predicted octanol–water partition coefficient (Wildman–Crippen LogP) is 7.08. The Morgan fingerprint density at radius 3 is 2.06 bits per heavy atom. The van der Waals surface area contributed by atoms with Crippen LogP contribution < -0.4 is 5.56 Å². The number of nitrogens with zero attached hydrogens (tertiary/aromatic N) is 3. The molecule has 3 heterocycles. The van der Waals surface area contributed by atoms with Gasteiger partial charge in [0.05, 0.1) is 25.4 Å². The minimum atomic E-state index is -0.844. The number of hydrogen-bond donors (Lipinski definition) is 2. The Kier molecular flexibility index (Phi) is 20.9. The fourth-order valence-electron chi connectivity index (χ4n) is 6.17. The van der Waals surface area contributed by atoms with Gasteiger partial charge in [-0.15, -0.1) is 0 Å². The largest absolute Gasteiger partial charge is 0.463 e. The molecule has 0 saturated carbocycles. The summed E-state index contributed by atoms with van der Waals surface area (Å²) in [4.78, 5) is 46.9. The summed E-state index contributed by atoms with van der Waals surface area (Å²) in [7, 11) is 0. The van der Waals surface area contributed by atoms with Crippen molar-refractivity contribution in [1.29, 1.82) is 0 Å². The highest BCUT2D eigenvalue weighted by molar-refractivity contribution is 5.70. The molecule has 1 unspecified atom stereocenters. The van der Waals surface area contributed by atoms with Gasteiger partial charge < -0.3 is 29.0 Å². The van der Waals surface area contributed by atoms with Crippen LogP contribution >= 0.6 is 0 Å². The molecule has 278 valence electrons. The lowest BCUT2D eigenvalue weighted by Gasteiger charge is -2.15. The van der Waals surface area contributed by atoms with Gasteiger partial charge in [0.2, 0.25) is 0 Å². The second-order valence-corrected chi connectivity index (χ2v) is 13.5. The minimum absolute atomic E-state index is 0.0936. The number of nitrogens with one attached hydrogen (secondary N) is 1. The predicted molar refractivity (Wildman–Crippen MR) is 188 cm³/mol. The second-order valence-electron chi connectivity index (χ2n) is 13.5. The second kappa shape index (κ2) is 25.2. The van der Waals surface area contributed by atoms with Gasteiger partial charge in [0.1, 0.15) is 25.5 Å². The van der Waals surface area contributed by atoms with Crippen LogP contribution in [0.3, 0.4) is 0 Å². The van der Waals surface area contributed by atoms with Crippen molar-refractivity contribution >= 4 is 23.1 Å². The zero-order valence-electron chi connectivity index (χ0n) is 29.9. The topological polar surface area (TPSA) is 155 Å². The lowest BCUT2D eigenvalue weighted by atomic mass is 10.0. The van der Waals surface area contributed by atoms with Gasteiger partial charge in [0.25, 0.3) is 5.56 Å². The van der Waals surface area contributed by atoms with Crippen LogP contribution in [0.1, 0.15) is 154 Å². The molecule has 0 aromatic carbocycles. The van der Waals surface area contributed by atoms with Crippen LogP contribution in [0, 0.1) is 0 Å². The van der Waals surface area contributed by atoms with Crippen molar-refractivity contribution in [1.82, 2.24) is 19.5 Å². The first kappa shape index (κ1) is 40.6. The SMILES string of the molecule is CCCCCCCCCCCCCCCCCCOCC(O)COC(=O)CCCCC(=O)OC[C@@H]1CC[C@H](n2cnc3c(=O)[nH]cnc32)O1. The van der Waals surface area contributed by atoms with E-state index < -0.39 is 12.1 Å². The molecule has 49 heavy (non-hydrogen) atoms. The normalized spacial score (nSPS) is 16.7. The van der Waals surface area contributed by atoms with Gasteiger partial charge >= 0.3 is 11.9 Å². The molecule has 0 radical (unpaired) electrons. The van der Waals surface area contributed by atoms with E-state index in [2.05, 4.69) is 21.9 Å². The van der Waals surface area contributed by atoms with Crippen molar-refractivity contribution in [2.75, 3.05) is 26.4 Å². The molecule has 2 N–H and O–H groups in total. The summed E-state index contributed by atoms with van der Waals surface area (Å²) in [5.74, 6) is -0.752. The molecular weight excluding hydrogens is 628 g/mol. The highest BCUT2D eigenvalue weighted by Gasteiger charge is 2.29. The van der Waals surface area contributed by atoms with Gasteiger partial charge in [-0.3, -0.25) is 19.0 Å². The molecule has 0 spiro atoms. The van der Waals surface area contributed by atoms with E-state index >= 15 is 0 Å². The molecule has 0 aliphatic carbocycles. The van der Waals surface area contributed by atoms with E-state index in [9.17, 15) is 19.5 Å². The number of fused-ring (bicyclic) bond motifs is 1. The lowest BCUT2D eigenvalue weighted by Crippen LogP contribution is -2.24. The molecule has 1 fully saturated rings. The number of aromatic nitrogens is 4. The molecule has 2 aromatic heterocycles.